The maximum atomic E-state index is 11.9. The molecule has 1 unspecified atom stereocenters. The van der Waals surface area contributed by atoms with E-state index >= 15 is 0 Å². The molecule has 2 rings (SSSR count). The van der Waals surface area contributed by atoms with Crippen molar-refractivity contribution >= 4 is 11.8 Å². The van der Waals surface area contributed by atoms with Gasteiger partial charge in [-0.05, 0) is 24.6 Å². The minimum Gasteiger partial charge on any atom is -0.378 e. The zero-order valence-corrected chi connectivity index (χ0v) is 12.9. The van der Waals surface area contributed by atoms with Crippen molar-refractivity contribution in [1.29, 1.82) is 0 Å². The Morgan fingerprint density at radius 3 is 2.68 bits per heavy atom. The Morgan fingerprint density at radius 2 is 2.05 bits per heavy atom. The van der Waals surface area contributed by atoms with Gasteiger partial charge in [0.05, 0.1) is 13.2 Å². The van der Waals surface area contributed by atoms with Crippen LogP contribution in [0.4, 0.5) is 0 Å². The van der Waals surface area contributed by atoms with Gasteiger partial charge in [-0.25, -0.2) is 0 Å². The lowest BCUT2D eigenvalue weighted by Crippen LogP contribution is -2.44. The quantitative estimate of drug-likeness (QED) is 0.712. The number of hydrogen-bond donors (Lipinski definition) is 3. The number of carbonyl (C=O) groups excluding carboxylic acids is 2. The lowest BCUT2D eigenvalue weighted by Gasteiger charge is -2.23. The summed E-state index contributed by atoms with van der Waals surface area (Å²) >= 11 is 0. The predicted octanol–water partition coefficient (Wildman–Crippen LogP) is 0.431. The number of nitrogens with one attached hydrogen (secondary N) is 3. The van der Waals surface area contributed by atoms with Gasteiger partial charge in [-0.2, -0.15) is 0 Å². The average Bonchev–Trinajstić information content (AvgIpc) is 2.54. The van der Waals surface area contributed by atoms with Gasteiger partial charge in [0.2, 0.25) is 5.91 Å². The molecule has 22 heavy (non-hydrogen) atoms. The molecule has 1 fully saturated rings. The molecule has 120 valence electrons. The first kappa shape index (κ1) is 16.5. The zero-order chi connectivity index (χ0) is 15.8. The van der Waals surface area contributed by atoms with Gasteiger partial charge >= 0.3 is 0 Å². The van der Waals surface area contributed by atoms with E-state index in [4.69, 9.17) is 4.74 Å². The van der Waals surface area contributed by atoms with Crippen molar-refractivity contribution in [2.24, 2.45) is 0 Å². The molecule has 3 N–H and O–H groups in total. The van der Waals surface area contributed by atoms with E-state index in [2.05, 4.69) is 16.0 Å². The van der Waals surface area contributed by atoms with Gasteiger partial charge in [0, 0.05) is 37.7 Å². The molecule has 1 heterocycles. The van der Waals surface area contributed by atoms with Crippen molar-refractivity contribution in [1.82, 2.24) is 16.0 Å². The van der Waals surface area contributed by atoms with Gasteiger partial charge in [-0.15, -0.1) is 0 Å². The summed E-state index contributed by atoms with van der Waals surface area (Å²) in [4.78, 5) is 23.5. The van der Waals surface area contributed by atoms with E-state index in [9.17, 15) is 9.59 Å². The van der Waals surface area contributed by atoms with E-state index in [1.807, 2.05) is 19.1 Å². The molecule has 0 radical (unpaired) electrons. The van der Waals surface area contributed by atoms with Gasteiger partial charge in [0.1, 0.15) is 0 Å². The maximum Gasteiger partial charge on any atom is 0.251 e. The van der Waals surface area contributed by atoms with Gasteiger partial charge in [-0.3, -0.25) is 9.59 Å². The summed E-state index contributed by atoms with van der Waals surface area (Å²) in [5, 5.41) is 8.88. The van der Waals surface area contributed by atoms with Crippen LogP contribution in [0.25, 0.3) is 0 Å². The van der Waals surface area contributed by atoms with Crippen LogP contribution < -0.4 is 16.0 Å². The van der Waals surface area contributed by atoms with E-state index in [1.165, 1.54) is 0 Å². The molecular weight excluding hydrogens is 282 g/mol. The van der Waals surface area contributed by atoms with Crippen LogP contribution in [0.5, 0.6) is 0 Å². The molecule has 0 bridgehead atoms. The highest BCUT2D eigenvalue weighted by molar-refractivity contribution is 5.94. The predicted molar refractivity (Wildman–Crippen MR) is 83.5 cm³/mol. The Kier molecular flexibility index (Phi) is 6.36. The molecule has 0 aliphatic carbocycles. The van der Waals surface area contributed by atoms with Crippen molar-refractivity contribution in [3.8, 4) is 0 Å². The normalized spacial score (nSPS) is 17.8. The van der Waals surface area contributed by atoms with Crippen molar-refractivity contribution < 1.29 is 14.3 Å². The number of ether oxygens (including phenoxy) is 1. The summed E-state index contributed by atoms with van der Waals surface area (Å²) in [7, 11) is 0. The maximum absolute atomic E-state index is 11.9. The second-order valence-corrected chi connectivity index (χ2v) is 5.26. The number of morpholine rings is 1. The summed E-state index contributed by atoms with van der Waals surface area (Å²) < 4.78 is 5.32. The van der Waals surface area contributed by atoms with Crippen molar-refractivity contribution in [2.45, 2.75) is 25.9 Å². The molecule has 1 aromatic carbocycles. The van der Waals surface area contributed by atoms with E-state index in [-0.39, 0.29) is 17.9 Å². The monoisotopic (exact) mass is 305 g/mol. The largest absolute Gasteiger partial charge is 0.378 e. The van der Waals surface area contributed by atoms with Crippen LogP contribution in [-0.4, -0.2) is 44.2 Å². The molecular formula is C16H23N3O3. The Morgan fingerprint density at radius 1 is 1.27 bits per heavy atom. The number of amides is 2. The molecule has 1 aliphatic heterocycles. The smallest absolute Gasteiger partial charge is 0.251 e. The van der Waals surface area contributed by atoms with Crippen LogP contribution in [0.3, 0.4) is 0 Å². The second kappa shape index (κ2) is 8.51. The molecule has 0 saturated carbocycles. The first-order chi connectivity index (χ1) is 10.7. The Labute approximate surface area is 130 Å². The minimum absolute atomic E-state index is 0.00389. The van der Waals surface area contributed by atoms with Gasteiger partial charge in [0.25, 0.3) is 5.91 Å². The molecule has 2 amide bonds. The van der Waals surface area contributed by atoms with E-state index in [0.29, 0.717) is 38.3 Å². The lowest BCUT2D eigenvalue weighted by molar-refractivity contribution is -0.122. The molecule has 6 heteroatoms. The highest BCUT2D eigenvalue weighted by Crippen LogP contribution is 2.05. The summed E-state index contributed by atoms with van der Waals surface area (Å²) in [6.45, 7) is 5.02. The van der Waals surface area contributed by atoms with Crippen molar-refractivity contribution in [3.63, 3.8) is 0 Å². The summed E-state index contributed by atoms with van der Waals surface area (Å²) in [5.74, 6) is -0.0859. The van der Waals surface area contributed by atoms with Crippen LogP contribution in [-0.2, 0) is 16.1 Å². The Hall–Kier alpha value is -1.92. The molecule has 1 aromatic rings. The number of benzene rings is 1. The number of hydrogen-bond acceptors (Lipinski definition) is 4. The molecule has 0 aromatic heterocycles. The number of rotatable bonds is 6. The Bertz CT molecular complexity index is 496. The van der Waals surface area contributed by atoms with Crippen LogP contribution in [0.15, 0.2) is 24.3 Å². The van der Waals surface area contributed by atoms with Crippen LogP contribution >= 0.6 is 0 Å². The summed E-state index contributed by atoms with van der Waals surface area (Å²) in [6, 6.07) is 7.33. The zero-order valence-electron chi connectivity index (χ0n) is 12.9. The van der Waals surface area contributed by atoms with Gasteiger partial charge in [0.15, 0.2) is 0 Å². The third-order valence-electron chi connectivity index (χ3n) is 3.47. The molecule has 0 spiro atoms. The van der Waals surface area contributed by atoms with E-state index < -0.39 is 0 Å². The SMILES string of the molecule is CCNC(=O)c1ccc(CNC(=O)CC2COCCN2)cc1. The average molecular weight is 305 g/mol. The summed E-state index contributed by atoms with van der Waals surface area (Å²) in [5.41, 5.74) is 1.59. The fourth-order valence-corrected chi connectivity index (χ4v) is 2.28. The first-order valence-corrected chi connectivity index (χ1v) is 7.64. The minimum atomic E-state index is -0.0820. The molecule has 1 aliphatic rings. The standard InChI is InChI=1S/C16H23N3O3/c1-2-17-16(21)13-5-3-12(4-6-13)10-19-15(20)9-14-11-22-8-7-18-14/h3-6,14,18H,2,7-11H2,1H3,(H,17,21)(H,19,20). The van der Waals surface area contributed by atoms with Crippen LogP contribution in [0.2, 0.25) is 0 Å². The second-order valence-electron chi connectivity index (χ2n) is 5.26. The Balaban J connectivity index is 1.76. The van der Waals surface area contributed by atoms with Crippen molar-refractivity contribution in [2.75, 3.05) is 26.3 Å². The number of carbonyl (C=O) groups is 2. The fourth-order valence-electron chi connectivity index (χ4n) is 2.28. The molecule has 1 atom stereocenters. The van der Waals surface area contributed by atoms with E-state index in [1.54, 1.807) is 12.1 Å². The lowest BCUT2D eigenvalue weighted by atomic mass is 10.1. The topological polar surface area (TPSA) is 79.5 Å². The fraction of sp³-hybridized carbons (Fsp3) is 0.500. The third-order valence-corrected chi connectivity index (χ3v) is 3.47. The van der Waals surface area contributed by atoms with Crippen LogP contribution in [0.1, 0.15) is 29.3 Å². The van der Waals surface area contributed by atoms with E-state index in [0.717, 1.165) is 12.1 Å². The third kappa shape index (κ3) is 5.13. The molecule has 1 saturated heterocycles. The van der Waals surface area contributed by atoms with Gasteiger partial charge in [-0.1, -0.05) is 12.1 Å². The van der Waals surface area contributed by atoms with Gasteiger partial charge < -0.3 is 20.7 Å². The summed E-state index contributed by atoms with van der Waals surface area (Å²) in [6.07, 6.45) is 0.414. The first-order valence-electron chi connectivity index (χ1n) is 7.64. The van der Waals surface area contributed by atoms with Crippen LogP contribution in [0, 0.1) is 0 Å². The highest BCUT2D eigenvalue weighted by atomic mass is 16.5. The van der Waals surface area contributed by atoms with Crippen molar-refractivity contribution in [3.05, 3.63) is 35.4 Å². The highest BCUT2D eigenvalue weighted by Gasteiger charge is 2.16. The molecule has 6 nitrogen and oxygen atoms in total.